The van der Waals surface area contributed by atoms with Crippen molar-refractivity contribution in [2.45, 2.75) is 57.5 Å². The van der Waals surface area contributed by atoms with Crippen LogP contribution in [0.25, 0.3) is 0 Å². The fraction of sp³-hybridized carbons (Fsp3) is 0.650. The lowest BCUT2D eigenvalue weighted by Crippen LogP contribution is -2.57. The standard InChI is InChI=1S/C20H26ClNO5/c1-11-15(19(23)24)8-16(21)18-17(11)26-20(2,27-18)12-4-6-13(7-5-12)22-9-14(10-22)25-3/h8,12-14H,4-7,9-10H2,1-3H3,(H,23,24)/t12?,13?,20-/m1/s1. The van der Waals surface area contributed by atoms with E-state index in [0.29, 0.717) is 29.2 Å². The first-order chi connectivity index (χ1) is 12.8. The van der Waals surface area contributed by atoms with Crippen molar-refractivity contribution in [1.29, 1.82) is 0 Å². The normalized spacial score (nSPS) is 31.0. The molecular weight excluding hydrogens is 370 g/mol. The third-order valence-electron chi connectivity index (χ3n) is 6.44. The first-order valence-corrected chi connectivity index (χ1v) is 9.91. The third-order valence-corrected chi connectivity index (χ3v) is 6.72. The number of ether oxygens (including phenoxy) is 3. The highest BCUT2D eigenvalue weighted by molar-refractivity contribution is 6.32. The fourth-order valence-corrected chi connectivity index (χ4v) is 4.85. The summed E-state index contributed by atoms with van der Waals surface area (Å²) in [6, 6.07) is 2.05. The first kappa shape index (κ1) is 18.8. The van der Waals surface area contributed by atoms with E-state index in [2.05, 4.69) is 4.90 Å². The van der Waals surface area contributed by atoms with E-state index in [9.17, 15) is 9.90 Å². The van der Waals surface area contributed by atoms with E-state index < -0.39 is 11.8 Å². The van der Waals surface area contributed by atoms with E-state index in [0.717, 1.165) is 38.8 Å². The van der Waals surface area contributed by atoms with E-state index in [4.69, 9.17) is 25.8 Å². The molecule has 3 aliphatic rings. The van der Waals surface area contributed by atoms with E-state index in [1.165, 1.54) is 6.07 Å². The van der Waals surface area contributed by atoms with E-state index in [1.807, 2.05) is 6.92 Å². The molecule has 7 heteroatoms. The van der Waals surface area contributed by atoms with Crippen LogP contribution in [-0.2, 0) is 4.74 Å². The number of hydrogen-bond donors (Lipinski definition) is 1. The van der Waals surface area contributed by atoms with Gasteiger partial charge in [0.25, 0.3) is 5.79 Å². The molecule has 1 saturated heterocycles. The molecule has 2 fully saturated rings. The molecule has 1 aliphatic carbocycles. The molecule has 1 atom stereocenters. The first-order valence-electron chi connectivity index (χ1n) is 9.53. The van der Waals surface area contributed by atoms with Gasteiger partial charge < -0.3 is 19.3 Å². The van der Waals surface area contributed by atoms with Crippen LogP contribution >= 0.6 is 11.6 Å². The van der Waals surface area contributed by atoms with Crippen LogP contribution in [0.4, 0.5) is 0 Å². The lowest BCUT2D eigenvalue weighted by atomic mass is 9.80. The summed E-state index contributed by atoms with van der Waals surface area (Å²) in [5, 5.41) is 9.67. The smallest absolute Gasteiger partial charge is 0.336 e. The Morgan fingerprint density at radius 3 is 2.48 bits per heavy atom. The van der Waals surface area contributed by atoms with Crippen molar-refractivity contribution in [2.24, 2.45) is 5.92 Å². The predicted octanol–water partition coefficient (Wildman–Crippen LogP) is 3.72. The second-order valence-corrected chi connectivity index (χ2v) is 8.44. The quantitative estimate of drug-likeness (QED) is 0.837. The van der Waals surface area contributed by atoms with Crippen LogP contribution in [0, 0.1) is 12.8 Å². The molecule has 0 amide bonds. The second kappa shape index (κ2) is 6.83. The highest BCUT2D eigenvalue weighted by Crippen LogP contribution is 2.51. The van der Waals surface area contributed by atoms with E-state index in [-0.39, 0.29) is 16.5 Å². The van der Waals surface area contributed by atoms with Gasteiger partial charge in [0.2, 0.25) is 0 Å². The van der Waals surface area contributed by atoms with Crippen molar-refractivity contribution in [2.75, 3.05) is 20.2 Å². The topological polar surface area (TPSA) is 68.2 Å². The maximum atomic E-state index is 11.4. The van der Waals surface area contributed by atoms with Crippen molar-refractivity contribution in [3.8, 4) is 11.5 Å². The summed E-state index contributed by atoms with van der Waals surface area (Å²) in [7, 11) is 1.77. The van der Waals surface area contributed by atoms with Gasteiger partial charge in [-0.3, -0.25) is 4.90 Å². The molecule has 1 saturated carbocycles. The minimum absolute atomic E-state index is 0.154. The Bertz CT molecular complexity index is 755. The molecule has 6 nitrogen and oxygen atoms in total. The molecule has 2 heterocycles. The number of benzene rings is 1. The summed E-state index contributed by atoms with van der Waals surface area (Å²) < 4.78 is 17.7. The Balaban J connectivity index is 1.45. The van der Waals surface area contributed by atoms with Gasteiger partial charge in [-0.05, 0) is 38.7 Å². The molecule has 4 rings (SSSR count). The summed E-state index contributed by atoms with van der Waals surface area (Å²) in [5.41, 5.74) is 0.714. The van der Waals surface area contributed by atoms with E-state index in [1.54, 1.807) is 14.0 Å². The molecule has 0 unspecified atom stereocenters. The van der Waals surface area contributed by atoms with Crippen LogP contribution in [0.1, 0.15) is 48.5 Å². The Labute approximate surface area is 164 Å². The lowest BCUT2D eigenvalue weighted by molar-refractivity contribution is -0.130. The minimum atomic E-state index is -1.01. The number of carbonyl (C=O) groups is 1. The van der Waals surface area contributed by atoms with Gasteiger partial charge in [-0.1, -0.05) is 11.6 Å². The highest BCUT2D eigenvalue weighted by atomic mass is 35.5. The number of carboxylic acid groups (broad SMARTS) is 1. The largest absolute Gasteiger partial charge is 0.478 e. The summed E-state index contributed by atoms with van der Waals surface area (Å²) >= 11 is 6.29. The molecule has 0 aromatic heterocycles. The number of aromatic carboxylic acids is 1. The van der Waals surface area contributed by atoms with Gasteiger partial charge in [0, 0.05) is 44.6 Å². The molecule has 0 spiro atoms. The molecule has 27 heavy (non-hydrogen) atoms. The Kier molecular flexibility index (Phi) is 4.77. The van der Waals surface area contributed by atoms with Gasteiger partial charge in [-0.2, -0.15) is 0 Å². The van der Waals surface area contributed by atoms with Gasteiger partial charge in [0.15, 0.2) is 11.5 Å². The predicted molar refractivity (Wildman–Crippen MR) is 101 cm³/mol. The van der Waals surface area contributed by atoms with Gasteiger partial charge >= 0.3 is 5.97 Å². The van der Waals surface area contributed by atoms with Crippen LogP contribution in [0.5, 0.6) is 11.5 Å². The fourth-order valence-electron chi connectivity index (χ4n) is 4.62. The van der Waals surface area contributed by atoms with Gasteiger partial charge in [-0.25, -0.2) is 4.79 Å². The maximum absolute atomic E-state index is 11.4. The Morgan fingerprint density at radius 1 is 1.26 bits per heavy atom. The number of nitrogens with zero attached hydrogens (tertiary/aromatic N) is 1. The number of methoxy groups -OCH3 is 1. The average molecular weight is 396 g/mol. The molecule has 148 valence electrons. The van der Waals surface area contributed by atoms with Crippen molar-refractivity contribution in [1.82, 2.24) is 4.90 Å². The molecule has 2 aliphatic heterocycles. The second-order valence-electron chi connectivity index (χ2n) is 8.03. The summed E-state index contributed by atoms with van der Waals surface area (Å²) in [6.07, 6.45) is 4.60. The molecule has 1 N–H and O–H groups in total. The van der Waals surface area contributed by atoms with Crippen LogP contribution in [0.3, 0.4) is 0 Å². The zero-order valence-electron chi connectivity index (χ0n) is 16.0. The Hall–Kier alpha value is -1.50. The van der Waals surface area contributed by atoms with Gasteiger partial charge in [-0.15, -0.1) is 0 Å². The summed E-state index contributed by atoms with van der Waals surface area (Å²) in [4.78, 5) is 13.9. The van der Waals surface area contributed by atoms with Gasteiger partial charge in [0.1, 0.15) is 0 Å². The number of halogens is 1. The van der Waals surface area contributed by atoms with Crippen molar-refractivity contribution in [3.63, 3.8) is 0 Å². The van der Waals surface area contributed by atoms with Crippen LogP contribution in [0.2, 0.25) is 5.02 Å². The number of rotatable bonds is 4. The number of carboxylic acids is 1. The lowest BCUT2D eigenvalue weighted by Gasteiger charge is -2.47. The molecule has 1 aromatic rings. The Morgan fingerprint density at radius 2 is 1.89 bits per heavy atom. The monoisotopic (exact) mass is 395 g/mol. The zero-order valence-corrected chi connectivity index (χ0v) is 16.7. The SMILES string of the molecule is COC1CN(C2CCC([C@@]3(C)Oc4c(Cl)cc(C(=O)O)c(C)c4O3)CC2)C1. The van der Waals surface area contributed by atoms with E-state index >= 15 is 0 Å². The van der Waals surface area contributed by atoms with Crippen LogP contribution in [0.15, 0.2) is 6.07 Å². The van der Waals surface area contributed by atoms with Crippen molar-refractivity contribution in [3.05, 3.63) is 22.2 Å². The van der Waals surface area contributed by atoms with Crippen LogP contribution < -0.4 is 9.47 Å². The summed E-state index contributed by atoms with van der Waals surface area (Å²) in [5.74, 6) is -0.643. The average Bonchev–Trinajstić information content (AvgIpc) is 2.97. The molecule has 1 aromatic carbocycles. The number of fused-ring (bicyclic) bond motifs is 1. The van der Waals surface area contributed by atoms with Crippen LogP contribution in [-0.4, -0.2) is 54.1 Å². The maximum Gasteiger partial charge on any atom is 0.336 e. The number of likely N-dealkylation sites (tertiary alicyclic amines) is 1. The van der Waals surface area contributed by atoms with Crippen molar-refractivity contribution < 1.29 is 24.1 Å². The highest BCUT2D eigenvalue weighted by Gasteiger charge is 2.48. The number of hydrogen-bond acceptors (Lipinski definition) is 5. The molecule has 0 bridgehead atoms. The summed E-state index contributed by atoms with van der Waals surface area (Å²) in [6.45, 7) is 5.72. The molecule has 0 radical (unpaired) electrons. The minimum Gasteiger partial charge on any atom is -0.478 e. The zero-order chi connectivity index (χ0) is 19.3. The van der Waals surface area contributed by atoms with Crippen molar-refractivity contribution >= 4 is 17.6 Å². The third kappa shape index (κ3) is 3.18. The molecular formula is C20H26ClNO5. The van der Waals surface area contributed by atoms with Gasteiger partial charge in [0.05, 0.1) is 16.7 Å².